The molecular formula is C17H15F3N4O2. The van der Waals surface area contributed by atoms with Crippen molar-refractivity contribution in [3.8, 4) is 5.75 Å². The Morgan fingerprint density at radius 1 is 1.27 bits per heavy atom. The number of ether oxygens (including phenoxy) is 1. The molecule has 0 saturated heterocycles. The van der Waals surface area contributed by atoms with Crippen LogP contribution in [0.5, 0.6) is 5.75 Å². The van der Waals surface area contributed by atoms with E-state index in [2.05, 4.69) is 10.1 Å². The molecule has 2 heterocycles. The van der Waals surface area contributed by atoms with Crippen molar-refractivity contribution in [1.82, 2.24) is 20.1 Å². The summed E-state index contributed by atoms with van der Waals surface area (Å²) in [7, 11) is 1.50. The number of rotatable bonds is 5. The van der Waals surface area contributed by atoms with E-state index in [0.29, 0.717) is 16.7 Å². The fourth-order valence-electron chi connectivity index (χ4n) is 2.44. The summed E-state index contributed by atoms with van der Waals surface area (Å²) in [5, 5.41) is 6.41. The van der Waals surface area contributed by atoms with Crippen molar-refractivity contribution >= 4 is 16.8 Å². The fourth-order valence-corrected chi connectivity index (χ4v) is 2.44. The van der Waals surface area contributed by atoms with E-state index in [1.54, 1.807) is 36.5 Å². The number of benzene rings is 1. The standard InChI is InChI=1S/C17H15F3N4O2/c1-24-15(16(25)22-10-17(18,19)20)13-8-12(5-6-14(13)23-24)26-9-11-4-2-3-7-21-11/h2-8H,9-10H2,1H3,(H,22,25). The van der Waals surface area contributed by atoms with Crippen molar-refractivity contribution in [2.24, 2.45) is 7.05 Å². The van der Waals surface area contributed by atoms with E-state index in [4.69, 9.17) is 4.74 Å². The first kappa shape index (κ1) is 17.7. The average molecular weight is 364 g/mol. The first-order valence-electron chi connectivity index (χ1n) is 7.68. The zero-order valence-electron chi connectivity index (χ0n) is 13.7. The summed E-state index contributed by atoms with van der Waals surface area (Å²) < 4.78 is 43.9. The minimum atomic E-state index is -4.49. The Morgan fingerprint density at radius 2 is 2.08 bits per heavy atom. The predicted octanol–water partition coefficient (Wildman–Crippen LogP) is 2.84. The minimum Gasteiger partial charge on any atom is -0.487 e. The van der Waals surface area contributed by atoms with Gasteiger partial charge < -0.3 is 10.1 Å². The van der Waals surface area contributed by atoms with Gasteiger partial charge in [-0.2, -0.15) is 18.3 Å². The Hall–Kier alpha value is -3.10. The molecule has 0 aliphatic rings. The monoisotopic (exact) mass is 364 g/mol. The minimum absolute atomic E-state index is 0.0348. The molecule has 1 amide bonds. The van der Waals surface area contributed by atoms with Crippen LogP contribution in [0.25, 0.3) is 10.9 Å². The molecule has 0 atom stereocenters. The summed E-state index contributed by atoms with van der Waals surface area (Å²) in [6.45, 7) is -1.18. The Balaban J connectivity index is 1.82. The highest BCUT2D eigenvalue weighted by Gasteiger charge is 2.29. The second-order valence-corrected chi connectivity index (χ2v) is 5.56. The molecule has 2 aromatic heterocycles. The summed E-state index contributed by atoms with van der Waals surface area (Å²) >= 11 is 0. The first-order valence-corrected chi connectivity index (χ1v) is 7.68. The summed E-state index contributed by atoms with van der Waals surface area (Å²) in [5.41, 5.74) is 1.24. The number of amides is 1. The predicted molar refractivity (Wildman–Crippen MR) is 87.7 cm³/mol. The van der Waals surface area contributed by atoms with Gasteiger partial charge in [-0.1, -0.05) is 6.07 Å². The third-order valence-electron chi connectivity index (χ3n) is 3.58. The molecule has 26 heavy (non-hydrogen) atoms. The van der Waals surface area contributed by atoms with Gasteiger partial charge in [-0.25, -0.2) is 0 Å². The maximum Gasteiger partial charge on any atom is 0.405 e. The highest BCUT2D eigenvalue weighted by molar-refractivity contribution is 6.05. The Morgan fingerprint density at radius 3 is 2.77 bits per heavy atom. The van der Waals surface area contributed by atoms with Crippen LogP contribution in [0.15, 0.2) is 42.6 Å². The van der Waals surface area contributed by atoms with Gasteiger partial charge in [0, 0.05) is 18.6 Å². The van der Waals surface area contributed by atoms with Crippen molar-refractivity contribution in [1.29, 1.82) is 0 Å². The molecule has 3 aromatic rings. The highest BCUT2D eigenvalue weighted by Crippen LogP contribution is 2.24. The lowest BCUT2D eigenvalue weighted by molar-refractivity contribution is -0.123. The van der Waals surface area contributed by atoms with Gasteiger partial charge in [0.1, 0.15) is 24.6 Å². The molecule has 1 N–H and O–H groups in total. The average Bonchev–Trinajstić information content (AvgIpc) is 2.93. The number of nitrogens with zero attached hydrogens (tertiary/aromatic N) is 3. The number of aromatic nitrogens is 3. The van der Waals surface area contributed by atoms with E-state index in [9.17, 15) is 18.0 Å². The van der Waals surface area contributed by atoms with E-state index in [1.165, 1.54) is 11.7 Å². The van der Waals surface area contributed by atoms with Gasteiger partial charge in [0.25, 0.3) is 5.91 Å². The van der Waals surface area contributed by atoms with Gasteiger partial charge in [0.2, 0.25) is 0 Å². The van der Waals surface area contributed by atoms with Crippen LogP contribution in [0.2, 0.25) is 0 Å². The number of halogens is 3. The van der Waals surface area contributed by atoms with Gasteiger partial charge in [0.05, 0.1) is 11.2 Å². The van der Waals surface area contributed by atoms with Crippen LogP contribution in [-0.2, 0) is 13.7 Å². The summed E-state index contributed by atoms with van der Waals surface area (Å²) in [4.78, 5) is 16.3. The first-order chi connectivity index (χ1) is 12.3. The fraction of sp³-hybridized carbons (Fsp3) is 0.235. The van der Waals surface area contributed by atoms with Gasteiger partial charge >= 0.3 is 6.18 Å². The molecule has 0 radical (unpaired) electrons. The van der Waals surface area contributed by atoms with Crippen molar-refractivity contribution in [2.45, 2.75) is 12.8 Å². The molecule has 0 aliphatic carbocycles. The number of fused-ring (bicyclic) bond motifs is 1. The van der Waals surface area contributed by atoms with E-state index in [1.807, 2.05) is 11.4 Å². The van der Waals surface area contributed by atoms with Crippen LogP contribution < -0.4 is 10.1 Å². The SMILES string of the molecule is Cn1nc2ccc(OCc3ccccn3)cc2c1C(=O)NCC(F)(F)F. The normalized spacial score (nSPS) is 11.5. The molecule has 0 bridgehead atoms. The van der Waals surface area contributed by atoms with Crippen LogP contribution in [0.3, 0.4) is 0 Å². The third kappa shape index (κ3) is 4.11. The highest BCUT2D eigenvalue weighted by atomic mass is 19.4. The van der Waals surface area contributed by atoms with Gasteiger partial charge in [-0.05, 0) is 30.3 Å². The number of carbonyl (C=O) groups excluding carboxylic acids is 1. The topological polar surface area (TPSA) is 69.0 Å². The maximum atomic E-state index is 12.3. The molecule has 6 nitrogen and oxygen atoms in total. The second kappa shape index (κ2) is 7.03. The van der Waals surface area contributed by atoms with Crippen molar-refractivity contribution in [2.75, 3.05) is 6.54 Å². The van der Waals surface area contributed by atoms with E-state index in [-0.39, 0.29) is 12.3 Å². The zero-order valence-corrected chi connectivity index (χ0v) is 13.7. The summed E-state index contributed by atoms with van der Waals surface area (Å²) in [6.07, 6.45) is -2.84. The number of hydrogen-bond acceptors (Lipinski definition) is 4. The molecule has 1 aromatic carbocycles. The molecule has 3 rings (SSSR count). The number of nitrogens with one attached hydrogen (secondary N) is 1. The molecule has 0 saturated carbocycles. The van der Waals surface area contributed by atoms with E-state index < -0.39 is 18.6 Å². The van der Waals surface area contributed by atoms with E-state index in [0.717, 1.165) is 5.69 Å². The number of hydrogen-bond donors (Lipinski definition) is 1. The summed E-state index contributed by atoms with van der Waals surface area (Å²) in [6, 6.07) is 10.3. The number of aryl methyl sites for hydroxylation is 1. The van der Waals surface area contributed by atoms with Crippen molar-refractivity contribution in [3.05, 3.63) is 54.0 Å². The molecule has 136 valence electrons. The van der Waals surface area contributed by atoms with Crippen LogP contribution in [0.1, 0.15) is 16.2 Å². The lowest BCUT2D eigenvalue weighted by Gasteiger charge is -2.09. The van der Waals surface area contributed by atoms with Crippen LogP contribution >= 0.6 is 0 Å². The zero-order chi connectivity index (χ0) is 18.7. The number of carbonyl (C=O) groups is 1. The summed E-state index contributed by atoms with van der Waals surface area (Å²) in [5.74, 6) is -0.393. The third-order valence-corrected chi connectivity index (χ3v) is 3.58. The maximum absolute atomic E-state index is 12.3. The lowest BCUT2D eigenvalue weighted by atomic mass is 10.2. The Bertz CT molecular complexity index is 923. The van der Waals surface area contributed by atoms with Gasteiger partial charge in [0.15, 0.2) is 0 Å². The second-order valence-electron chi connectivity index (χ2n) is 5.56. The molecule has 0 spiro atoms. The van der Waals surface area contributed by atoms with Crippen LogP contribution in [0, 0.1) is 0 Å². The van der Waals surface area contributed by atoms with Crippen LogP contribution in [0.4, 0.5) is 13.2 Å². The molecular weight excluding hydrogens is 349 g/mol. The van der Waals surface area contributed by atoms with Crippen LogP contribution in [-0.4, -0.2) is 33.4 Å². The van der Waals surface area contributed by atoms with E-state index >= 15 is 0 Å². The van der Waals surface area contributed by atoms with Gasteiger partial charge in [-0.15, -0.1) is 0 Å². The van der Waals surface area contributed by atoms with Gasteiger partial charge in [-0.3, -0.25) is 14.5 Å². The smallest absolute Gasteiger partial charge is 0.405 e. The van der Waals surface area contributed by atoms with Crippen molar-refractivity contribution in [3.63, 3.8) is 0 Å². The number of alkyl halides is 3. The molecule has 0 fully saturated rings. The molecule has 0 unspecified atom stereocenters. The largest absolute Gasteiger partial charge is 0.487 e. The Labute approximate surface area is 146 Å². The molecule has 0 aliphatic heterocycles. The lowest BCUT2D eigenvalue weighted by Crippen LogP contribution is -2.34. The Kier molecular flexibility index (Phi) is 4.79. The number of pyridine rings is 1. The quantitative estimate of drug-likeness (QED) is 0.756. The van der Waals surface area contributed by atoms with Crippen molar-refractivity contribution < 1.29 is 22.7 Å². The molecule has 9 heteroatoms.